The number of carbonyl (C=O) groups is 2. The van der Waals surface area contributed by atoms with Crippen molar-refractivity contribution < 1.29 is 19.1 Å². The summed E-state index contributed by atoms with van der Waals surface area (Å²) in [5.74, 6) is -0.234. The Balaban J connectivity index is 1.70. The molecule has 1 aliphatic carbocycles. The van der Waals surface area contributed by atoms with Gasteiger partial charge in [0.1, 0.15) is 11.5 Å². The first-order chi connectivity index (χ1) is 11.6. The van der Waals surface area contributed by atoms with Gasteiger partial charge in [-0.05, 0) is 31.9 Å². The van der Waals surface area contributed by atoms with Crippen LogP contribution in [0.5, 0.6) is 0 Å². The average molecular weight is 329 g/mol. The number of furan rings is 1. The van der Waals surface area contributed by atoms with Crippen LogP contribution in [0.25, 0.3) is 0 Å². The highest BCUT2D eigenvalue weighted by Crippen LogP contribution is 2.40. The summed E-state index contributed by atoms with van der Waals surface area (Å²) in [6, 6.07) is 2.46. The second-order valence-corrected chi connectivity index (χ2v) is 6.33. The lowest BCUT2D eigenvalue weighted by molar-refractivity contribution is -0.143. The first-order valence-corrected chi connectivity index (χ1v) is 8.28. The number of hydrogen-bond acceptors (Lipinski definition) is 4. The van der Waals surface area contributed by atoms with Crippen LogP contribution in [-0.2, 0) is 17.8 Å². The molecule has 4 rings (SSSR count). The molecule has 1 fully saturated rings. The van der Waals surface area contributed by atoms with Crippen molar-refractivity contribution in [1.82, 2.24) is 14.7 Å². The Kier molecular flexibility index (Phi) is 3.44. The van der Waals surface area contributed by atoms with Gasteiger partial charge in [-0.25, -0.2) is 4.79 Å². The van der Waals surface area contributed by atoms with Gasteiger partial charge in [-0.2, -0.15) is 5.10 Å². The zero-order chi connectivity index (χ0) is 16.8. The van der Waals surface area contributed by atoms with Crippen LogP contribution in [0.2, 0.25) is 0 Å². The molecule has 1 unspecified atom stereocenters. The van der Waals surface area contributed by atoms with Crippen molar-refractivity contribution in [3.8, 4) is 0 Å². The fraction of sp³-hybridized carbons (Fsp3) is 0.471. The third-order valence-corrected chi connectivity index (χ3v) is 4.77. The number of nitrogens with zero attached hydrogens (tertiary/aromatic N) is 3. The molecule has 24 heavy (non-hydrogen) atoms. The summed E-state index contributed by atoms with van der Waals surface area (Å²) >= 11 is 0. The standard InChI is InChI=1S/C17H19N3O4/c1-2-20-13(9-12(18-20)10-3-4-10)16(21)19-7-5-14-11(6-8-24-14)15(19)17(22)23/h6,8-10,15H,2-5,7H2,1H3,(H,22,23). The van der Waals surface area contributed by atoms with Gasteiger partial charge in [0.25, 0.3) is 5.91 Å². The van der Waals surface area contributed by atoms with Crippen LogP contribution in [0.4, 0.5) is 0 Å². The van der Waals surface area contributed by atoms with E-state index in [-0.39, 0.29) is 5.91 Å². The summed E-state index contributed by atoms with van der Waals surface area (Å²) in [5.41, 5.74) is 1.97. The number of rotatable bonds is 4. The van der Waals surface area contributed by atoms with Crippen LogP contribution in [0.1, 0.15) is 59.2 Å². The van der Waals surface area contributed by atoms with Gasteiger partial charge in [0, 0.05) is 31.0 Å². The highest BCUT2D eigenvalue weighted by Gasteiger charge is 2.39. The second-order valence-electron chi connectivity index (χ2n) is 6.33. The number of aryl methyl sites for hydroxylation is 1. The zero-order valence-electron chi connectivity index (χ0n) is 13.4. The molecule has 1 aliphatic heterocycles. The van der Waals surface area contributed by atoms with Gasteiger partial charge in [-0.3, -0.25) is 9.48 Å². The van der Waals surface area contributed by atoms with Crippen molar-refractivity contribution in [1.29, 1.82) is 0 Å². The topological polar surface area (TPSA) is 88.6 Å². The van der Waals surface area contributed by atoms with Crippen LogP contribution in [-0.4, -0.2) is 38.2 Å². The van der Waals surface area contributed by atoms with E-state index in [1.165, 1.54) is 11.2 Å². The number of carbonyl (C=O) groups excluding carboxylic acids is 1. The number of fused-ring (bicyclic) bond motifs is 1. The van der Waals surface area contributed by atoms with E-state index in [2.05, 4.69) is 5.10 Å². The minimum absolute atomic E-state index is 0.282. The molecule has 126 valence electrons. The highest BCUT2D eigenvalue weighted by atomic mass is 16.4. The van der Waals surface area contributed by atoms with Gasteiger partial charge in [0.15, 0.2) is 6.04 Å². The van der Waals surface area contributed by atoms with Crippen molar-refractivity contribution in [3.05, 3.63) is 41.1 Å². The Labute approximate surface area is 138 Å². The SMILES string of the molecule is CCn1nc(C2CC2)cc1C(=O)N1CCc2occc2C1C(=O)O. The van der Waals surface area contributed by atoms with Crippen LogP contribution in [0.15, 0.2) is 22.8 Å². The fourth-order valence-corrected chi connectivity index (χ4v) is 3.38. The monoisotopic (exact) mass is 329 g/mol. The predicted octanol–water partition coefficient (Wildman–Crippen LogP) is 2.20. The zero-order valence-corrected chi connectivity index (χ0v) is 13.4. The molecule has 0 spiro atoms. The van der Waals surface area contributed by atoms with Crippen LogP contribution < -0.4 is 0 Å². The maximum atomic E-state index is 13.1. The van der Waals surface area contributed by atoms with E-state index in [1.807, 2.05) is 13.0 Å². The molecule has 0 saturated heterocycles. The van der Waals surface area contributed by atoms with E-state index in [0.29, 0.717) is 42.4 Å². The van der Waals surface area contributed by atoms with Crippen molar-refractivity contribution in [2.45, 2.75) is 44.7 Å². The molecule has 0 aromatic carbocycles. The van der Waals surface area contributed by atoms with Gasteiger partial charge in [0.05, 0.1) is 12.0 Å². The summed E-state index contributed by atoms with van der Waals surface area (Å²) in [6.45, 7) is 2.83. The molecule has 2 aromatic rings. The molecule has 2 aliphatic rings. The van der Waals surface area contributed by atoms with Crippen LogP contribution in [0.3, 0.4) is 0 Å². The van der Waals surface area contributed by atoms with E-state index in [1.54, 1.807) is 10.7 Å². The molecule has 1 atom stereocenters. The molecule has 0 bridgehead atoms. The number of aromatic nitrogens is 2. The maximum absolute atomic E-state index is 13.1. The van der Waals surface area contributed by atoms with E-state index < -0.39 is 12.0 Å². The number of carboxylic acid groups (broad SMARTS) is 1. The average Bonchev–Trinajstić information content (AvgIpc) is 3.16. The molecular weight excluding hydrogens is 310 g/mol. The van der Waals surface area contributed by atoms with Gasteiger partial charge < -0.3 is 14.4 Å². The lowest BCUT2D eigenvalue weighted by Crippen LogP contribution is -2.43. The second kappa shape index (κ2) is 5.51. The van der Waals surface area contributed by atoms with Crippen LogP contribution >= 0.6 is 0 Å². The van der Waals surface area contributed by atoms with E-state index in [4.69, 9.17) is 4.42 Å². The largest absolute Gasteiger partial charge is 0.479 e. The number of hydrogen-bond donors (Lipinski definition) is 1. The summed E-state index contributed by atoms with van der Waals surface area (Å²) in [4.78, 5) is 26.3. The van der Waals surface area contributed by atoms with Crippen molar-refractivity contribution in [3.63, 3.8) is 0 Å². The van der Waals surface area contributed by atoms with E-state index in [0.717, 1.165) is 18.5 Å². The summed E-state index contributed by atoms with van der Waals surface area (Å²) in [7, 11) is 0. The first kappa shape index (κ1) is 15.0. The van der Waals surface area contributed by atoms with Crippen molar-refractivity contribution >= 4 is 11.9 Å². The third kappa shape index (κ3) is 2.31. The minimum atomic E-state index is -1.05. The summed E-state index contributed by atoms with van der Waals surface area (Å²) in [5, 5.41) is 14.2. The first-order valence-electron chi connectivity index (χ1n) is 8.28. The normalized spacial score (nSPS) is 20.0. The molecular formula is C17H19N3O4. The van der Waals surface area contributed by atoms with Gasteiger partial charge in [-0.15, -0.1) is 0 Å². The minimum Gasteiger partial charge on any atom is -0.479 e. The predicted molar refractivity (Wildman–Crippen MR) is 83.7 cm³/mol. The Morgan fingerprint density at radius 1 is 1.42 bits per heavy atom. The Hall–Kier alpha value is -2.57. The highest BCUT2D eigenvalue weighted by molar-refractivity contribution is 5.96. The molecule has 2 aromatic heterocycles. The fourth-order valence-electron chi connectivity index (χ4n) is 3.38. The van der Waals surface area contributed by atoms with Crippen molar-refractivity contribution in [2.24, 2.45) is 0 Å². The van der Waals surface area contributed by atoms with Crippen molar-refractivity contribution in [2.75, 3.05) is 6.54 Å². The lowest BCUT2D eigenvalue weighted by atomic mass is 9.99. The maximum Gasteiger partial charge on any atom is 0.331 e. The summed E-state index contributed by atoms with van der Waals surface area (Å²) < 4.78 is 7.02. The smallest absolute Gasteiger partial charge is 0.331 e. The van der Waals surface area contributed by atoms with E-state index >= 15 is 0 Å². The quantitative estimate of drug-likeness (QED) is 0.929. The van der Waals surface area contributed by atoms with E-state index in [9.17, 15) is 14.7 Å². The molecule has 1 amide bonds. The van der Waals surface area contributed by atoms with Gasteiger partial charge in [0.2, 0.25) is 0 Å². The molecule has 0 radical (unpaired) electrons. The number of aliphatic carboxylic acids is 1. The third-order valence-electron chi connectivity index (χ3n) is 4.77. The van der Waals surface area contributed by atoms with Crippen LogP contribution in [0, 0.1) is 0 Å². The molecule has 1 N–H and O–H groups in total. The molecule has 7 heteroatoms. The molecule has 3 heterocycles. The Morgan fingerprint density at radius 2 is 2.21 bits per heavy atom. The molecule has 7 nitrogen and oxygen atoms in total. The lowest BCUT2D eigenvalue weighted by Gasteiger charge is -2.32. The Morgan fingerprint density at radius 3 is 2.88 bits per heavy atom. The Bertz CT molecular complexity index is 803. The number of carboxylic acids is 1. The summed E-state index contributed by atoms with van der Waals surface area (Å²) in [6.07, 6.45) is 4.21. The molecule has 1 saturated carbocycles. The van der Waals surface area contributed by atoms with Gasteiger partial charge >= 0.3 is 5.97 Å². The van der Waals surface area contributed by atoms with Gasteiger partial charge in [-0.1, -0.05) is 0 Å². The number of amides is 1.